The average molecular weight is 416 g/mol. The molecule has 0 heterocycles. The quantitative estimate of drug-likeness (QED) is 0.304. The fourth-order valence-corrected chi connectivity index (χ4v) is 2.98. The van der Waals surface area contributed by atoms with Crippen molar-refractivity contribution in [1.29, 1.82) is 0 Å². The Hall–Kier alpha value is -1.89. The third-order valence-electron chi connectivity index (χ3n) is 2.63. The van der Waals surface area contributed by atoms with Gasteiger partial charge in [-0.15, -0.1) is 0 Å². The first-order valence-corrected chi connectivity index (χ1v) is 10.2. The maximum atomic E-state index is 11.2. The van der Waals surface area contributed by atoms with Crippen molar-refractivity contribution in [3.05, 3.63) is 60.2 Å². The zero-order valence-corrected chi connectivity index (χ0v) is 15.2. The van der Waals surface area contributed by atoms with Crippen molar-refractivity contribution in [2.75, 3.05) is 5.32 Å². The van der Waals surface area contributed by atoms with Gasteiger partial charge < -0.3 is 0 Å². The molecule has 0 aliphatic carbocycles. The first-order chi connectivity index (χ1) is 11.3. The molecule has 3 N–H and O–H groups in total. The third-order valence-corrected chi connectivity index (χ3v) is 5.30. The topological polar surface area (TPSA) is 113 Å². The second kappa shape index (κ2) is 9.42. The Morgan fingerprint density at radius 3 is 2.00 bits per heavy atom. The number of hydrogen-bond donors (Lipinski definition) is 3. The van der Waals surface area contributed by atoms with Gasteiger partial charge in [-0.25, -0.2) is 0 Å². The molecule has 0 saturated heterocycles. The van der Waals surface area contributed by atoms with Crippen LogP contribution in [-0.2, 0) is 12.4 Å². The van der Waals surface area contributed by atoms with Crippen molar-refractivity contribution in [2.45, 2.75) is 6.92 Å². The molecule has 0 aliphatic rings. The van der Waals surface area contributed by atoms with E-state index < -0.39 is 19.4 Å². The van der Waals surface area contributed by atoms with Gasteiger partial charge in [0.2, 0.25) is 0 Å². The van der Waals surface area contributed by atoms with Gasteiger partial charge in [0.15, 0.2) is 0 Å². The summed E-state index contributed by atoms with van der Waals surface area (Å²) in [5.74, 6) is -0.237. The number of nitrogens with one attached hydrogen (secondary N) is 1. The Kier molecular flexibility index (Phi) is 7.91. The molecule has 128 valence electrons. The van der Waals surface area contributed by atoms with E-state index in [4.69, 9.17) is 21.0 Å². The molecule has 1 atom stereocenters. The number of amides is 1. The standard InChI is InChI=1S/C8H10AsNO5.C7H5ClO/c1-6(11)10-8-4-2-7(3-5-8)9(12,13)15-14;8-7(9)6-4-2-1-3-5-6/h2-5,14H,1H3,(H,10,11)(H,12,13);1-5H. The van der Waals surface area contributed by atoms with E-state index in [0.717, 1.165) is 0 Å². The number of rotatable bonds is 4. The van der Waals surface area contributed by atoms with Crippen LogP contribution in [0.5, 0.6) is 0 Å². The van der Waals surface area contributed by atoms with Crippen molar-refractivity contribution < 1.29 is 26.6 Å². The minimum atomic E-state index is -4.76. The molecule has 0 aromatic heterocycles. The van der Waals surface area contributed by atoms with Gasteiger partial charge in [-0.2, -0.15) is 0 Å². The van der Waals surface area contributed by atoms with Crippen LogP contribution < -0.4 is 9.67 Å². The van der Waals surface area contributed by atoms with Gasteiger partial charge >= 0.3 is 88.4 Å². The summed E-state index contributed by atoms with van der Waals surface area (Å²) in [6.45, 7) is 1.35. The average Bonchev–Trinajstić information content (AvgIpc) is 2.56. The van der Waals surface area contributed by atoms with Crippen molar-refractivity contribution in [3.63, 3.8) is 0 Å². The molecule has 2 rings (SSSR count). The molecule has 0 spiro atoms. The number of anilines is 1. The normalized spacial score (nSPS) is 12.3. The van der Waals surface area contributed by atoms with E-state index in [2.05, 4.69) is 9.19 Å². The van der Waals surface area contributed by atoms with Crippen molar-refractivity contribution in [1.82, 2.24) is 0 Å². The minimum absolute atomic E-state index is 0.00438. The summed E-state index contributed by atoms with van der Waals surface area (Å²) in [4.78, 5) is 21.1. The van der Waals surface area contributed by atoms with Gasteiger partial charge in [0, 0.05) is 5.56 Å². The van der Waals surface area contributed by atoms with Crippen LogP contribution in [0.3, 0.4) is 0 Å². The number of carbonyl (C=O) groups is 2. The monoisotopic (exact) mass is 415 g/mol. The van der Waals surface area contributed by atoms with Crippen molar-refractivity contribution in [3.8, 4) is 0 Å². The molecule has 2 aromatic carbocycles. The first kappa shape index (κ1) is 20.2. The molecular weight excluding hydrogens is 401 g/mol. The van der Waals surface area contributed by atoms with Crippen LogP contribution in [0.15, 0.2) is 54.6 Å². The first-order valence-electron chi connectivity index (χ1n) is 6.55. The fourth-order valence-electron chi connectivity index (χ4n) is 1.55. The molecule has 1 amide bonds. The molecule has 9 heteroatoms. The van der Waals surface area contributed by atoms with Crippen LogP contribution in [0, 0.1) is 0 Å². The predicted molar refractivity (Wildman–Crippen MR) is 89.4 cm³/mol. The number of halogens is 1. The van der Waals surface area contributed by atoms with Crippen LogP contribution in [0.4, 0.5) is 5.69 Å². The molecule has 0 saturated carbocycles. The molecule has 24 heavy (non-hydrogen) atoms. The summed E-state index contributed by atoms with van der Waals surface area (Å²) in [5.41, 5.74) is 1.04. The summed E-state index contributed by atoms with van der Waals surface area (Å²) in [5, 5.41) is 10.3. The Morgan fingerprint density at radius 1 is 1.08 bits per heavy atom. The Morgan fingerprint density at radius 2 is 1.62 bits per heavy atom. The molecule has 7 nitrogen and oxygen atoms in total. The zero-order chi connectivity index (χ0) is 18.2. The smallest absolute Gasteiger partial charge is 0.252 e. The largest absolute Gasteiger partial charge is 0.276 e. The summed E-state index contributed by atoms with van der Waals surface area (Å²) in [6.07, 6.45) is 0. The Balaban J connectivity index is 0.000000272. The predicted octanol–water partition coefficient (Wildman–Crippen LogP) is 1.77. The summed E-state index contributed by atoms with van der Waals surface area (Å²) < 4.78 is 23.8. The van der Waals surface area contributed by atoms with Crippen LogP contribution >= 0.6 is 11.6 Å². The van der Waals surface area contributed by atoms with Crippen LogP contribution in [0.1, 0.15) is 17.3 Å². The molecule has 0 aliphatic heterocycles. The van der Waals surface area contributed by atoms with Gasteiger partial charge in [0.25, 0.3) is 5.24 Å². The molecular formula is C15H15AsClNO6. The van der Waals surface area contributed by atoms with Gasteiger partial charge in [0.05, 0.1) is 0 Å². The van der Waals surface area contributed by atoms with Gasteiger partial charge in [-0.3, -0.25) is 4.79 Å². The Labute approximate surface area is 146 Å². The number of benzene rings is 2. The van der Waals surface area contributed by atoms with Crippen molar-refractivity contribution in [2.24, 2.45) is 0 Å². The maximum absolute atomic E-state index is 11.2. The second-order valence-corrected chi connectivity index (χ2v) is 8.42. The van der Waals surface area contributed by atoms with E-state index in [1.165, 1.54) is 31.2 Å². The Bertz CT molecular complexity index is 735. The minimum Gasteiger partial charge on any atom is -0.276 e. The van der Waals surface area contributed by atoms with Crippen LogP contribution in [0.2, 0.25) is 0 Å². The SMILES string of the molecule is CC(=O)Nc1ccc([As](=O)(O)OO)cc1.O=C(Cl)c1ccccc1. The van der Waals surface area contributed by atoms with E-state index >= 15 is 0 Å². The van der Waals surface area contributed by atoms with E-state index in [0.29, 0.717) is 11.3 Å². The molecule has 2 aromatic rings. The van der Waals surface area contributed by atoms with E-state index in [9.17, 15) is 13.3 Å². The van der Waals surface area contributed by atoms with Gasteiger partial charge in [-0.05, 0) is 11.6 Å². The van der Waals surface area contributed by atoms with Gasteiger partial charge in [0.1, 0.15) is 0 Å². The van der Waals surface area contributed by atoms with E-state index in [-0.39, 0.29) is 10.3 Å². The van der Waals surface area contributed by atoms with Crippen LogP contribution in [0.25, 0.3) is 0 Å². The van der Waals surface area contributed by atoms with Gasteiger partial charge in [-0.1, -0.05) is 30.3 Å². The molecule has 0 bridgehead atoms. The summed E-state index contributed by atoms with van der Waals surface area (Å²) in [6, 6.07) is 14.2. The fraction of sp³-hybridized carbons (Fsp3) is 0.0667. The molecule has 1 unspecified atom stereocenters. The van der Waals surface area contributed by atoms with E-state index in [1.54, 1.807) is 24.3 Å². The number of carbonyl (C=O) groups excluding carboxylic acids is 2. The van der Waals surface area contributed by atoms with Crippen LogP contribution in [-0.4, -0.2) is 34.7 Å². The van der Waals surface area contributed by atoms with Crippen molar-refractivity contribution >= 4 is 47.0 Å². The molecule has 0 fully saturated rings. The van der Waals surface area contributed by atoms with E-state index in [1.807, 2.05) is 6.07 Å². The molecule has 0 radical (unpaired) electrons. The zero-order valence-electron chi connectivity index (χ0n) is 12.5. The second-order valence-electron chi connectivity index (χ2n) is 4.47. The third kappa shape index (κ3) is 6.70. The summed E-state index contributed by atoms with van der Waals surface area (Å²) >= 11 is 0.401. The number of hydrogen-bond acceptors (Lipinski definition) is 5. The maximum Gasteiger partial charge on any atom is 0.252 e. The summed E-state index contributed by atoms with van der Waals surface area (Å²) in [7, 11) is 0.